The van der Waals surface area contributed by atoms with Crippen molar-refractivity contribution >= 4 is 21.9 Å². The molecule has 1 heterocycles. The number of nitrogens with one attached hydrogen (secondary N) is 1. The Bertz CT molecular complexity index is 245. The smallest absolute Gasteiger partial charge is 0.222 e. The molecule has 0 unspecified atom stereocenters. The van der Waals surface area contributed by atoms with Crippen molar-refractivity contribution in [3.63, 3.8) is 0 Å². The second-order valence-electron chi connectivity index (χ2n) is 2.23. The van der Waals surface area contributed by atoms with Crippen LogP contribution in [0.4, 0.5) is 5.95 Å². The van der Waals surface area contributed by atoms with Gasteiger partial charge in [0.15, 0.2) is 0 Å². The van der Waals surface area contributed by atoms with Gasteiger partial charge in [-0.05, 0) is 22.4 Å². The summed E-state index contributed by atoms with van der Waals surface area (Å²) in [6.07, 6.45) is 6.19. The van der Waals surface area contributed by atoms with E-state index in [1.54, 1.807) is 12.4 Å². The van der Waals surface area contributed by atoms with Crippen LogP contribution in [0.5, 0.6) is 0 Å². The number of aromatic nitrogens is 2. The largest absolute Gasteiger partial charge is 0.354 e. The highest BCUT2D eigenvalue weighted by molar-refractivity contribution is 9.10. The summed E-state index contributed by atoms with van der Waals surface area (Å²) in [5.74, 6) is 0.653. The van der Waals surface area contributed by atoms with Gasteiger partial charge in [-0.15, -0.1) is 6.58 Å². The molecule has 3 nitrogen and oxygen atoms in total. The monoisotopic (exact) mass is 227 g/mol. The minimum Gasteiger partial charge on any atom is -0.354 e. The fourth-order valence-corrected chi connectivity index (χ4v) is 0.894. The summed E-state index contributed by atoms with van der Waals surface area (Å²) < 4.78 is 0.886. The standard InChI is InChI=1S/C8H10BrN3/c1-2-3-4-10-8-11-5-7(9)6-12-8/h2,5-6H,1,3-4H2,(H,10,11,12). The molecule has 0 spiro atoms. The number of hydrogen-bond acceptors (Lipinski definition) is 3. The van der Waals surface area contributed by atoms with Crippen LogP contribution in [0.15, 0.2) is 29.5 Å². The quantitative estimate of drug-likeness (QED) is 0.634. The fraction of sp³-hybridized carbons (Fsp3) is 0.250. The van der Waals surface area contributed by atoms with E-state index in [9.17, 15) is 0 Å². The molecule has 4 heteroatoms. The molecule has 0 fully saturated rings. The Balaban J connectivity index is 2.42. The van der Waals surface area contributed by atoms with E-state index in [4.69, 9.17) is 0 Å². The summed E-state index contributed by atoms with van der Waals surface area (Å²) in [7, 11) is 0. The van der Waals surface area contributed by atoms with Gasteiger partial charge >= 0.3 is 0 Å². The molecule has 0 atom stereocenters. The molecular formula is C8H10BrN3. The van der Waals surface area contributed by atoms with Gasteiger partial charge in [-0.25, -0.2) is 9.97 Å². The average molecular weight is 228 g/mol. The minimum atomic E-state index is 0.653. The Morgan fingerprint density at radius 2 is 2.17 bits per heavy atom. The molecule has 0 aliphatic carbocycles. The molecule has 1 rings (SSSR count). The fourth-order valence-electron chi connectivity index (χ4n) is 0.690. The molecule has 1 N–H and O–H groups in total. The van der Waals surface area contributed by atoms with E-state index in [0.29, 0.717) is 5.95 Å². The third kappa shape index (κ3) is 3.00. The Morgan fingerprint density at radius 1 is 1.50 bits per heavy atom. The molecule has 0 aromatic carbocycles. The molecular weight excluding hydrogens is 218 g/mol. The molecule has 0 amide bonds. The highest BCUT2D eigenvalue weighted by Gasteiger charge is 1.92. The molecule has 0 aliphatic heterocycles. The SMILES string of the molecule is C=CCCNc1ncc(Br)cn1. The number of halogens is 1. The highest BCUT2D eigenvalue weighted by atomic mass is 79.9. The van der Waals surface area contributed by atoms with Crippen molar-refractivity contribution in [2.24, 2.45) is 0 Å². The van der Waals surface area contributed by atoms with Crippen molar-refractivity contribution in [2.75, 3.05) is 11.9 Å². The van der Waals surface area contributed by atoms with Gasteiger partial charge in [0.1, 0.15) is 0 Å². The average Bonchev–Trinajstić information content (AvgIpc) is 2.09. The molecule has 0 bridgehead atoms. The van der Waals surface area contributed by atoms with Crippen LogP contribution in [0.1, 0.15) is 6.42 Å². The number of nitrogens with zero attached hydrogens (tertiary/aromatic N) is 2. The third-order valence-corrected chi connectivity index (χ3v) is 1.66. The summed E-state index contributed by atoms with van der Waals surface area (Å²) in [4.78, 5) is 8.09. The zero-order valence-electron chi connectivity index (χ0n) is 6.63. The van der Waals surface area contributed by atoms with Crippen molar-refractivity contribution in [1.29, 1.82) is 0 Å². The lowest BCUT2D eigenvalue weighted by atomic mass is 10.4. The number of hydrogen-bond donors (Lipinski definition) is 1. The predicted molar refractivity (Wildman–Crippen MR) is 53.0 cm³/mol. The first kappa shape index (κ1) is 9.19. The van der Waals surface area contributed by atoms with Crippen LogP contribution in [-0.2, 0) is 0 Å². The van der Waals surface area contributed by atoms with Crippen LogP contribution in [0.3, 0.4) is 0 Å². The van der Waals surface area contributed by atoms with Crippen molar-refractivity contribution < 1.29 is 0 Å². The van der Waals surface area contributed by atoms with Gasteiger partial charge < -0.3 is 5.32 Å². The Hall–Kier alpha value is -0.900. The second-order valence-corrected chi connectivity index (χ2v) is 3.14. The van der Waals surface area contributed by atoms with E-state index in [0.717, 1.165) is 17.4 Å². The minimum absolute atomic E-state index is 0.653. The van der Waals surface area contributed by atoms with Crippen LogP contribution < -0.4 is 5.32 Å². The predicted octanol–water partition coefficient (Wildman–Crippen LogP) is 2.23. The maximum Gasteiger partial charge on any atom is 0.222 e. The van der Waals surface area contributed by atoms with Crippen LogP contribution in [0.2, 0.25) is 0 Å². The third-order valence-electron chi connectivity index (χ3n) is 1.25. The number of anilines is 1. The van der Waals surface area contributed by atoms with Gasteiger partial charge in [0.2, 0.25) is 5.95 Å². The Labute approximate surface area is 80.1 Å². The maximum atomic E-state index is 4.05. The van der Waals surface area contributed by atoms with Crippen molar-refractivity contribution in [3.05, 3.63) is 29.5 Å². The van der Waals surface area contributed by atoms with Gasteiger partial charge in [-0.2, -0.15) is 0 Å². The summed E-state index contributed by atoms with van der Waals surface area (Å²) in [6.45, 7) is 4.44. The first-order valence-electron chi connectivity index (χ1n) is 3.65. The summed E-state index contributed by atoms with van der Waals surface area (Å²) in [6, 6.07) is 0. The van der Waals surface area contributed by atoms with Crippen molar-refractivity contribution in [1.82, 2.24) is 9.97 Å². The zero-order chi connectivity index (χ0) is 8.81. The number of rotatable bonds is 4. The van der Waals surface area contributed by atoms with Gasteiger partial charge in [0.05, 0.1) is 4.47 Å². The normalized spacial score (nSPS) is 9.42. The Kier molecular flexibility index (Phi) is 3.73. The van der Waals surface area contributed by atoms with E-state index in [2.05, 4.69) is 37.8 Å². The zero-order valence-corrected chi connectivity index (χ0v) is 8.21. The molecule has 0 aliphatic rings. The van der Waals surface area contributed by atoms with Gasteiger partial charge in [-0.3, -0.25) is 0 Å². The van der Waals surface area contributed by atoms with Crippen LogP contribution >= 0.6 is 15.9 Å². The summed E-state index contributed by atoms with van der Waals surface area (Å²) >= 11 is 3.26. The molecule has 0 saturated heterocycles. The molecule has 1 aromatic rings. The lowest BCUT2D eigenvalue weighted by Gasteiger charge is -2.00. The lowest BCUT2D eigenvalue weighted by Crippen LogP contribution is -2.03. The van der Waals surface area contributed by atoms with E-state index in [-0.39, 0.29) is 0 Å². The molecule has 0 radical (unpaired) electrons. The molecule has 0 saturated carbocycles. The van der Waals surface area contributed by atoms with Crippen molar-refractivity contribution in [2.45, 2.75) is 6.42 Å². The first-order chi connectivity index (χ1) is 5.83. The molecule has 1 aromatic heterocycles. The van der Waals surface area contributed by atoms with E-state index in [1.807, 2.05) is 6.08 Å². The molecule has 12 heavy (non-hydrogen) atoms. The topological polar surface area (TPSA) is 37.8 Å². The van der Waals surface area contributed by atoms with Crippen LogP contribution in [0.25, 0.3) is 0 Å². The second kappa shape index (κ2) is 4.87. The van der Waals surface area contributed by atoms with Crippen LogP contribution in [0, 0.1) is 0 Å². The summed E-state index contributed by atoms with van der Waals surface area (Å²) in [5, 5.41) is 3.06. The molecule has 64 valence electrons. The Morgan fingerprint density at radius 3 is 2.75 bits per heavy atom. The van der Waals surface area contributed by atoms with E-state index in [1.165, 1.54) is 0 Å². The van der Waals surface area contributed by atoms with Crippen LogP contribution in [-0.4, -0.2) is 16.5 Å². The van der Waals surface area contributed by atoms with Gasteiger partial charge in [-0.1, -0.05) is 6.08 Å². The van der Waals surface area contributed by atoms with E-state index >= 15 is 0 Å². The van der Waals surface area contributed by atoms with E-state index < -0.39 is 0 Å². The van der Waals surface area contributed by atoms with Gasteiger partial charge in [0.25, 0.3) is 0 Å². The van der Waals surface area contributed by atoms with Crippen molar-refractivity contribution in [3.8, 4) is 0 Å². The lowest BCUT2D eigenvalue weighted by molar-refractivity contribution is 1.01. The maximum absolute atomic E-state index is 4.05. The first-order valence-corrected chi connectivity index (χ1v) is 4.44. The van der Waals surface area contributed by atoms with Gasteiger partial charge in [0, 0.05) is 18.9 Å². The summed E-state index contributed by atoms with van der Waals surface area (Å²) in [5.41, 5.74) is 0. The highest BCUT2D eigenvalue weighted by Crippen LogP contribution is 2.06.